The van der Waals surface area contributed by atoms with Gasteiger partial charge in [-0.3, -0.25) is 9.59 Å². The van der Waals surface area contributed by atoms with Crippen molar-refractivity contribution in [2.24, 2.45) is 7.05 Å². The lowest BCUT2D eigenvalue weighted by Gasteiger charge is -2.11. The number of carbonyl (C=O) groups is 1. The van der Waals surface area contributed by atoms with Crippen molar-refractivity contribution in [3.63, 3.8) is 0 Å². The Hall–Kier alpha value is -2.96. The molecule has 114 valence electrons. The Morgan fingerprint density at radius 2 is 2.05 bits per heavy atom. The van der Waals surface area contributed by atoms with Gasteiger partial charge in [0, 0.05) is 24.9 Å². The van der Waals surface area contributed by atoms with E-state index < -0.39 is 5.91 Å². The quantitative estimate of drug-likeness (QED) is 0.926. The number of anilines is 1. The zero-order valence-corrected chi connectivity index (χ0v) is 12.1. The number of nitrogens with zero attached hydrogens (tertiary/aromatic N) is 1. The molecule has 0 aliphatic carbocycles. The van der Waals surface area contributed by atoms with E-state index in [1.54, 1.807) is 25.2 Å². The predicted octanol–water partition coefficient (Wildman–Crippen LogP) is 1.37. The van der Waals surface area contributed by atoms with Crippen molar-refractivity contribution in [1.29, 1.82) is 0 Å². The Morgan fingerprint density at radius 3 is 2.82 bits per heavy atom. The maximum absolute atomic E-state index is 12.3. The smallest absolute Gasteiger partial charge is 0.272 e. The number of methoxy groups -OCH3 is 1. The first-order valence-electron chi connectivity index (χ1n) is 6.54. The molecule has 0 saturated heterocycles. The molecule has 2 heterocycles. The van der Waals surface area contributed by atoms with Gasteiger partial charge in [-0.15, -0.1) is 0 Å². The molecule has 22 heavy (non-hydrogen) atoms. The van der Waals surface area contributed by atoms with Crippen molar-refractivity contribution in [2.75, 3.05) is 19.2 Å². The lowest BCUT2D eigenvalue weighted by atomic mass is 10.2. The number of aryl methyl sites for hydroxylation is 1. The number of nitrogens with one attached hydrogen (secondary N) is 1. The largest absolute Gasteiger partial charge is 0.491 e. The Morgan fingerprint density at radius 1 is 1.27 bits per heavy atom. The van der Waals surface area contributed by atoms with Crippen LogP contribution in [-0.2, 0) is 7.05 Å². The third kappa shape index (κ3) is 2.48. The number of carbonyl (C=O) groups excluding carboxylic acids is 1. The highest BCUT2D eigenvalue weighted by Gasteiger charge is 2.16. The van der Waals surface area contributed by atoms with E-state index in [4.69, 9.17) is 14.2 Å². The molecule has 1 aromatic carbocycles. The summed E-state index contributed by atoms with van der Waals surface area (Å²) in [6.07, 6.45) is 1.47. The van der Waals surface area contributed by atoms with Gasteiger partial charge in [0.05, 0.1) is 13.3 Å². The van der Waals surface area contributed by atoms with E-state index in [9.17, 15) is 9.59 Å². The van der Waals surface area contributed by atoms with E-state index in [2.05, 4.69) is 5.32 Å². The summed E-state index contributed by atoms with van der Waals surface area (Å²) in [7, 11) is 3.07. The van der Waals surface area contributed by atoms with E-state index in [0.717, 1.165) is 0 Å². The van der Waals surface area contributed by atoms with Gasteiger partial charge in [-0.05, 0) is 12.1 Å². The van der Waals surface area contributed by atoms with Crippen molar-refractivity contribution in [3.8, 4) is 17.2 Å². The van der Waals surface area contributed by atoms with E-state index >= 15 is 0 Å². The standard InChI is InChI=1S/C15H14N2O5/c1-17-7-14(20-2)11(18)6-10(17)15(19)16-9-3-4-12-13(5-9)22-8-21-12/h3-7H,8H2,1-2H3,(H,16,19). The van der Waals surface area contributed by atoms with Crippen LogP contribution in [0.5, 0.6) is 17.2 Å². The van der Waals surface area contributed by atoms with Crippen LogP contribution < -0.4 is 25.0 Å². The van der Waals surface area contributed by atoms with Crippen LogP contribution >= 0.6 is 0 Å². The maximum Gasteiger partial charge on any atom is 0.272 e. The second-order valence-electron chi connectivity index (χ2n) is 4.72. The topological polar surface area (TPSA) is 78.8 Å². The van der Waals surface area contributed by atoms with Crippen LogP contribution in [0, 0.1) is 0 Å². The molecule has 3 rings (SSSR count). The lowest BCUT2D eigenvalue weighted by molar-refractivity contribution is 0.101. The van der Waals surface area contributed by atoms with Gasteiger partial charge in [0.25, 0.3) is 5.91 Å². The number of hydrogen-bond donors (Lipinski definition) is 1. The van der Waals surface area contributed by atoms with Crippen LogP contribution in [0.25, 0.3) is 0 Å². The molecular weight excluding hydrogens is 288 g/mol. The highest BCUT2D eigenvalue weighted by Crippen LogP contribution is 2.34. The SMILES string of the molecule is COc1cn(C)c(C(=O)Nc2ccc3c(c2)OCO3)cc1=O. The zero-order valence-electron chi connectivity index (χ0n) is 12.1. The van der Waals surface area contributed by atoms with Crippen molar-refractivity contribution in [2.45, 2.75) is 0 Å². The van der Waals surface area contributed by atoms with Crippen molar-refractivity contribution >= 4 is 11.6 Å². The molecule has 0 spiro atoms. The lowest BCUT2D eigenvalue weighted by Crippen LogP contribution is -2.21. The summed E-state index contributed by atoms with van der Waals surface area (Å²) in [5.41, 5.74) is 0.428. The molecule has 7 nitrogen and oxygen atoms in total. The number of pyridine rings is 1. The average Bonchev–Trinajstić information content (AvgIpc) is 2.96. The molecule has 0 bridgehead atoms. The Kier molecular flexibility index (Phi) is 3.46. The highest BCUT2D eigenvalue weighted by atomic mass is 16.7. The highest BCUT2D eigenvalue weighted by molar-refractivity contribution is 6.03. The van der Waals surface area contributed by atoms with Crippen LogP contribution in [0.2, 0.25) is 0 Å². The van der Waals surface area contributed by atoms with Crippen LogP contribution in [-0.4, -0.2) is 24.4 Å². The summed E-state index contributed by atoms with van der Waals surface area (Å²) in [6.45, 7) is 0.166. The number of benzene rings is 1. The molecule has 0 saturated carbocycles. The molecule has 1 N–H and O–H groups in total. The molecule has 0 radical (unpaired) electrons. The average molecular weight is 302 g/mol. The number of amides is 1. The van der Waals surface area contributed by atoms with Gasteiger partial charge in [0.2, 0.25) is 12.2 Å². The predicted molar refractivity (Wildman–Crippen MR) is 78.8 cm³/mol. The van der Waals surface area contributed by atoms with Crippen LogP contribution in [0.15, 0.2) is 35.3 Å². The fourth-order valence-electron chi connectivity index (χ4n) is 2.15. The van der Waals surface area contributed by atoms with Crippen LogP contribution in [0.4, 0.5) is 5.69 Å². The van der Waals surface area contributed by atoms with Crippen molar-refractivity contribution in [1.82, 2.24) is 4.57 Å². The molecule has 1 aromatic heterocycles. The normalized spacial score (nSPS) is 12.1. The Labute approximate surface area is 126 Å². The second-order valence-corrected chi connectivity index (χ2v) is 4.72. The number of ether oxygens (including phenoxy) is 3. The van der Waals surface area contributed by atoms with Crippen LogP contribution in [0.3, 0.4) is 0 Å². The second kappa shape index (κ2) is 5.44. The first-order chi connectivity index (χ1) is 10.6. The van der Waals surface area contributed by atoms with Gasteiger partial charge >= 0.3 is 0 Å². The minimum absolute atomic E-state index is 0.166. The summed E-state index contributed by atoms with van der Waals surface area (Å²) in [5.74, 6) is 0.986. The van der Waals surface area contributed by atoms with Gasteiger partial charge in [-0.2, -0.15) is 0 Å². The molecular formula is C15H14N2O5. The van der Waals surface area contributed by atoms with E-state index in [1.165, 1.54) is 23.9 Å². The summed E-state index contributed by atoms with van der Waals surface area (Å²) < 4.78 is 16.9. The van der Waals surface area contributed by atoms with E-state index in [-0.39, 0.29) is 23.7 Å². The van der Waals surface area contributed by atoms with E-state index in [1.807, 2.05) is 0 Å². The first kappa shape index (κ1) is 14.0. The summed E-state index contributed by atoms with van der Waals surface area (Å²) in [4.78, 5) is 24.1. The van der Waals surface area contributed by atoms with Gasteiger partial charge in [-0.25, -0.2) is 0 Å². The molecule has 1 amide bonds. The zero-order chi connectivity index (χ0) is 15.7. The summed E-state index contributed by atoms with van der Waals surface area (Å²) in [6, 6.07) is 6.32. The minimum atomic E-state index is -0.402. The third-order valence-electron chi connectivity index (χ3n) is 3.28. The molecule has 7 heteroatoms. The Balaban J connectivity index is 1.86. The molecule has 1 aliphatic rings. The third-order valence-corrected chi connectivity index (χ3v) is 3.28. The monoisotopic (exact) mass is 302 g/mol. The van der Waals surface area contributed by atoms with E-state index in [0.29, 0.717) is 17.2 Å². The number of hydrogen-bond acceptors (Lipinski definition) is 5. The molecule has 2 aromatic rings. The van der Waals surface area contributed by atoms with Gasteiger partial charge in [0.15, 0.2) is 17.2 Å². The van der Waals surface area contributed by atoms with Gasteiger partial charge in [0.1, 0.15) is 5.69 Å². The number of aromatic nitrogens is 1. The summed E-state index contributed by atoms with van der Waals surface area (Å²) in [5, 5.41) is 2.72. The van der Waals surface area contributed by atoms with Crippen molar-refractivity contribution < 1.29 is 19.0 Å². The van der Waals surface area contributed by atoms with Crippen LogP contribution in [0.1, 0.15) is 10.5 Å². The minimum Gasteiger partial charge on any atom is -0.491 e. The first-order valence-corrected chi connectivity index (χ1v) is 6.54. The van der Waals surface area contributed by atoms with Gasteiger partial charge < -0.3 is 24.1 Å². The summed E-state index contributed by atoms with van der Waals surface area (Å²) >= 11 is 0. The molecule has 0 unspecified atom stereocenters. The maximum atomic E-state index is 12.3. The van der Waals surface area contributed by atoms with Gasteiger partial charge in [-0.1, -0.05) is 0 Å². The number of rotatable bonds is 3. The Bertz CT molecular complexity index is 797. The fourth-order valence-corrected chi connectivity index (χ4v) is 2.15. The van der Waals surface area contributed by atoms with Crippen molar-refractivity contribution in [3.05, 3.63) is 46.4 Å². The fraction of sp³-hybridized carbons (Fsp3) is 0.200. The number of fused-ring (bicyclic) bond motifs is 1. The molecule has 0 fully saturated rings. The molecule has 0 atom stereocenters. The molecule has 1 aliphatic heterocycles.